The third kappa shape index (κ3) is 2.61. The van der Waals surface area contributed by atoms with Crippen molar-refractivity contribution in [2.45, 2.75) is 37.8 Å². The minimum atomic E-state index is 0.765. The third-order valence-corrected chi connectivity index (χ3v) is 4.92. The molecule has 0 amide bonds. The second-order valence-electron chi connectivity index (χ2n) is 5.49. The normalized spacial score (nSPS) is 31.6. The van der Waals surface area contributed by atoms with Crippen molar-refractivity contribution in [3.63, 3.8) is 0 Å². The van der Waals surface area contributed by atoms with E-state index < -0.39 is 0 Å². The first kappa shape index (κ1) is 12.6. The van der Waals surface area contributed by atoms with Gasteiger partial charge in [0, 0.05) is 34.6 Å². The molecule has 2 bridgehead atoms. The zero-order valence-corrected chi connectivity index (χ0v) is 12.8. The van der Waals surface area contributed by atoms with Crippen LogP contribution in [0.4, 0.5) is 5.95 Å². The molecular weight excluding hydrogens is 339 g/mol. The van der Waals surface area contributed by atoms with Crippen LogP contribution in [-0.2, 0) is 0 Å². The van der Waals surface area contributed by atoms with E-state index in [1.807, 2.05) is 12.4 Å². The first-order chi connectivity index (χ1) is 8.72. The highest BCUT2D eigenvalue weighted by atomic mass is 127. The number of nitrogens with one attached hydrogen (secondary N) is 1. The van der Waals surface area contributed by atoms with Crippen LogP contribution in [0.2, 0.25) is 0 Å². The minimum absolute atomic E-state index is 0.765. The van der Waals surface area contributed by atoms with Gasteiger partial charge in [0.05, 0.1) is 0 Å². The summed E-state index contributed by atoms with van der Waals surface area (Å²) in [4.78, 5) is 11.2. The van der Waals surface area contributed by atoms with Gasteiger partial charge in [0.2, 0.25) is 5.95 Å². The van der Waals surface area contributed by atoms with Gasteiger partial charge in [-0.2, -0.15) is 0 Å². The summed E-state index contributed by atoms with van der Waals surface area (Å²) in [6.45, 7) is 1.02. The fraction of sp³-hybridized carbons (Fsp3) is 0.692. The molecule has 1 aromatic rings. The Morgan fingerprint density at radius 2 is 1.89 bits per heavy atom. The molecule has 3 rings (SSSR count). The molecule has 1 aromatic heterocycles. The average molecular weight is 358 g/mol. The van der Waals surface area contributed by atoms with E-state index in [1.54, 1.807) is 0 Å². The summed E-state index contributed by atoms with van der Waals surface area (Å²) in [5.41, 5.74) is 0. The fourth-order valence-corrected chi connectivity index (χ4v) is 3.61. The van der Waals surface area contributed by atoms with Gasteiger partial charge in [-0.1, -0.05) is 0 Å². The van der Waals surface area contributed by atoms with E-state index in [0.29, 0.717) is 0 Å². The van der Waals surface area contributed by atoms with Crippen LogP contribution >= 0.6 is 22.6 Å². The van der Waals surface area contributed by atoms with Crippen molar-refractivity contribution in [1.29, 1.82) is 0 Å². The first-order valence-corrected chi connectivity index (χ1v) is 7.73. The van der Waals surface area contributed by atoms with Crippen molar-refractivity contribution in [3.05, 3.63) is 16.0 Å². The molecule has 4 nitrogen and oxygen atoms in total. The lowest BCUT2D eigenvalue weighted by molar-refractivity contribution is 0.139. The maximum atomic E-state index is 4.29. The Bertz CT molecular complexity index is 394. The van der Waals surface area contributed by atoms with Crippen molar-refractivity contribution in [2.24, 2.45) is 5.92 Å². The number of halogens is 1. The molecule has 98 valence electrons. The maximum absolute atomic E-state index is 4.29. The predicted octanol–water partition coefficient (Wildman–Crippen LogP) is 2.37. The number of nitrogens with zero attached hydrogens (tertiary/aromatic N) is 3. The lowest BCUT2D eigenvalue weighted by atomic mass is 9.91. The Labute approximate surface area is 122 Å². The van der Waals surface area contributed by atoms with Crippen LogP contribution in [0.3, 0.4) is 0 Å². The molecule has 0 saturated carbocycles. The number of piperidine rings is 1. The molecule has 2 atom stereocenters. The van der Waals surface area contributed by atoms with Gasteiger partial charge in [-0.15, -0.1) is 0 Å². The zero-order chi connectivity index (χ0) is 12.5. The van der Waals surface area contributed by atoms with E-state index in [-0.39, 0.29) is 0 Å². The molecule has 2 unspecified atom stereocenters. The molecule has 0 aromatic carbocycles. The van der Waals surface area contributed by atoms with E-state index in [2.05, 4.69) is 49.8 Å². The van der Waals surface area contributed by atoms with Crippen LogP contribution in [0.25, 0.3) is 0 Å². The summed E-state index contributed by atoms with van der Waals surface area (Å²) in [5, 5.41) is 3.38. The second kappa shape index (κ2) is 5.28. The number of rotatable bonds is 3. The Morgan fingerprint density at radius 3 is 2.50 bits per heavy atom. The minimum Gasteiger partial charge on any atom is -0.354 e. The molecule has 5 heteroatoms. The maximum Gasteiger partial charge on any atom is 0.222 e. The molecule has 2 aliphatic heterocycles. The molecule has 2 fully saturated rings. The van der Waals surface area contributed by atoms with Crippen molar-refractivity contribution < 1.29 is 0 Å². The highest BCUT2D eigenvalue weighted by Gasteiger charge is 2.38. The van der Waals surface area contributed by atoms with Gasteiger partial charge in [-0.3, -0.25) is 0 Å². The van der Waals surface area contributed by atoms with E-state index in [9.17, 15) is 0 Å². The zero-order valence-electron chi connectivity index (χ0n) is 10.6. The fourth-order valence-electron chi connectivity index (χ4n) is 3.33. The molecule has 0 spiro atoms. The van der Waals surface area contributed by atoms with Gasteiger partial charge in [-0.25, -0.2) is 9.97 Å². The van der Waals surface area contributed by atoms with Crippen LogP contribution in [0, 0.1) is 9.49 Å². The molecule has 2 aliphatic rings. The summed E-state index contributed by atoms with van der Waals surface area (Å²) in [6, 6.07) is 1.63. The Morgan fingerprint density at radius 1 is 1.28 bits per heavy atom. The van der Waals surface area contributed by atoms with Gasteiger partial charge < -0.3 is 10.2 Å². The third-order valence-electron chi connectivity index (χ3n) is 4.37. The topological polar surface area (TPSA) is 41.0 Å². The van der Waals surface area contributed by atoms with Gasteiger partial charge in [-0.05, 0) is 61.2 Å². The molecule has 1 N–H and O–H groups in total. The average Bonchev–Trinajstić information content (AvgIpc) is 2.62. The van der Waals surface area contributed by atoms with Crippen molar-refractivity contribution in [3.8, 4) is 0 Å². The largest absolute Gasteiger partial charge is 0.354 e. The molecule has 3 heterocycles. The summed E-state index contributed by atoms with van der Waals surface area (Å²) in [6.07, 6.45) is 9.13. The second-order valence-corrected chi connectivity index (χ2v) is 6.74. The lowest BCUT2D eigenvalue weighted by Crippen LogP contribution is -2.41. The van der Waals surface area contributed by atoms with Gasteiger partial charge in [0.15, 0.2) is 0 Å². The van der Waals surface area contributed by atoms with Gasteiger partial charge >= 0.3 is 0 Å². The molecule has 18 heavy (non-hydrogen) atoms. The van der Waals surface area contributed by atoms with Crippen molar-refractivity contribution in [2.75, 3.05) is 18.9 Å². The summed E-state index contributed by atoms with van der Waals surface area (Å²) in [5.74, 6) is 1.54. The van der Waals surface area contributed by atoms with Crippen LogP contribution in [0.5, 0.6) is 0 Å². The Balaban J connectivity index is 1.54. The molecule has 2 saturated heterocycles. The Hall–Kier alpha value is -0.430. The van der Waals surface area contributed by atoms with Gasteiger partial charge in [0.25, 0.3) is 0 Å². The number of anilines is 1. The number of hydrogen-bond donors (Lipinski definition) is 1. The SMILES string of the molecule is CN1C2CCC1CC(CNc1ncc(I)cn1)C2. The van der Waals surface area contributed by atoms with Gasteiger partial charge in [0.1, 0.15) is 0 Å². The van der Waals surface area contributed by atoms with E-state index in [1.165, 1.54) is 25.7 Å². The van der Waals surface area contributed by atoms with E-state index >= 15 is 0 Å². The standard InChI is InChI=1S/C13H19IN4/c1-18-11-2-3-12(18)5-9(4-11)6-15-13-16-7-10(14)8-17-13/h7-9,11-12H,2-6H2,1H3,(H,15,16,17). The smallest absolute Gasteiger partial charge is 0.222 e. The first-order valence-electron chi connectivity index (χ1n) is 6.65. The molecular formula is C13H19IN4. The summed E-state index contributed by atoms with van der Waals surface area (Å²) >= 11 is 2.23. The van der Waals surface area contributed by atoms with Crippen molar-refractivity contribution >= 4 is 28.5 Å². The molecule has 0 aliphatic carbocycles. The summed E-state index contributed by atoms with van der Waals surface area (Å²) < 4.78 is 1.08. The summed E-state index contributed by atoms with van der Waals surface area (Å²) in [7, 11) is 2.29. The van der Waals surface area contributed by atoms with Crippen LogP contribution in [0.15, 0.2) is 12.4 Å². The van der Waals surface area contributed by atoms with Crippen LogP contribution < -0.4 is 5.32 Å². The van der Waals surface area contributed by atoms with Crippen LogP contribution in [0.1, 0.15) is 25.7 Å². The van der Waals surface area contributed by atoms with E-state index in [0.717, 1.165) is 34.1 Å². The van der Waals surface area contributed by atoms with Crippen LogP contribution in [-0.4, -0.2) is 40.5 Å². The highest BCUT2D eigenvalue weighted by molar-refractivity contribution is 14.1. The molecule has 0 radical (unpaired) electrons. The number of hydrogen-bond acceptors (Lipinski definition) is 4. The highest BCUT2D eigenvalue weighted by Crippen LogP contribution is 2.37. The monoisotopic (exact) mass is 358 g/mol. The van der Waals surface area contributed by atoms with E-state index in [4.69, 9.17) is 0 Å². The number of aromatic nitrogens is 2. The lowest BCUT2D eigenvalue weighted by Gasteiger charge is -2.36. The quantitative estimate of drug-likeness (QED) is 0.843. The predicted molar refractivity (Wildman–Crippen MR) is 80.5 cm³/mol. The number of fused-ring (bicyclic) bond motifs is 2. The van der Waals surface area contributed by atoms with Crippen molar-refractivity contribution in [1.82, 2.24) is 14.9 Å². The Kier molecular flexibility index (Phi) is 3.70.